The van der Waals surface area contributed by atoms with E-state index in [-0.39, 0.29) is 5.91 Å². The van der Waals surface area contributed by atoms with Crippen LogP contribution in [0, 0.1) is 6.92 Å². The zero-order chi connectivity index (χ0) is 10.1. The summed E-state index contributed by atoms with van der Waals surface area (Å²) >= 11 is 1.54. The molecule has 0 unspecified atom stereocenters. The molecule has 1 N–H and O–H groups in total. The van der Waals surface area contributed by atoms with Crippen molar-refractivity contribution in [3.05, 3.63) is 22.8 Å². The van der Waals surface area contributed by atoms with E-state index in [0.717, 1.165) is 9.71 Å². The van der Waals surface area contributed by atoms with Gasteiger partial charge in [-0.25, -0.2) is 9.97 Å². The molecule has 0 spiro atoms. The van der Waals surface area contributed by atoms with E-state index in [4.69, 9.17) is 0 Å². The Morgan fingerprint density at radius 2 is 2.36 bits per heavy atom. The largest absolute Gasteiger partial charge is 0.355 e. The van der Waals surface area contributed by atoms with E-state index in [1.54, 1.807) is 24.6 Å². The quantitative estimate of drug-likeness (QED) is 0.768. The van der Waals surface area contributed by atoms with E-state index < -0.39 is 0 Å². The van der Waals surface area contributed by atoms with E-state index >= 15 is 0 Å². The molecule has 0 fully saturated rings. The molecule has 0 bridgehead atoms. The Balaban J connectivity index is 2.55. The number of nitrogens with one attached hydrogen (secondary N) is 1. The summed E-state index contributed by atoms with van der Waals surface area (Å²) in [6, 6.07) is 1.81. The van der Waals surface area contributed by atoms with E-state index in [0.29, 0.717) is 11.2 Å². The molecule has 0 saturated carbocycles. The van der Waals surface area contributed by atoms with Crippen LogP contribution in [-0.2, 0) is 0 Å². The Bertz CT molecular complexity index is 492. The first-order chi connectivity index (χ1) is 6.70. The molecular formula is C9H9N3OS. The van der Waals surface area contributed by atoms with Crippen molar-refractivity contribution in [3.63, 3.8) is 0 Å². The highest BCUT2D eigenvalue weighted by Crippen LogP contribution is 2.20. The Morgan fingerprint density at radius 3 is 3.07 bits per heavy atom. The van der Waals surface area contributed by atoms with Gasteiger partial charge in [-0.15, -0.1) is 11.3 Å². The summed E-state index contributed by atoms with van der Waals surface area (Å²) in [4.78, 5) is 19.6. The number of aromatic nitrogens is 2. The summed E-state index contributed by atoms with van der Waals surface area (Å²) in [5.41, 5.74) is 1.28. The van der Waals surface area contributed by atoms with Gasteiger partial charge in [-0.2, -0.15) is 0 Å². The predicted molar refractivity (Wildman–Crippen MR) is 55.5 cm³/mol. The van der Waals surface area contributed by atoms with Gasteiger partial charge >= 0.3 is 0 Å². The van der Waals surface area contributed by atoms with Crippen LogP contribution in [-0.4, -0.2) is 22.9 Å². The van der Waals surface area contributed by atoms with Crippen LogP contribution in [0.15, 0.2) is 12.3 Å². The third kappa shape index (κ3) is 1.46. The third-order valence-corrected chi connectivity index (χ3v) is 2.75. The molecule has 0 aromatic carbocycles. The molecule has 14 heavy (non-hydrogen) atoms. The number of fused-ring (bicyclic) bond motifs is 1. The lowest BCUT2D eigenvalue weighted by Crippen LogP contribution is -2.17. The van der Waals surface area contributed by atoms with Crippen molar-refractivity contribution < 1.29 is 4.79 Å². The van der Waals surface area contributed by atoms with Crippen LogP contribution >= 0.6 is 11.3 Å². The van der Waals surface area contributed by atoms with Crippen LogP contribution in [0.3, 0.4) is 0 Å². The highest BCUT2D eigenvalue weighted by Gasteiger charge is 2.07. The minimum Gasteiger partial charge on any atom is -0.355 e. The highest BCUT2D eigenvalue weighted by atomic mass is 32.1. The number of hydrogen-bond donors (Lipinski definition) is 1. The maximum atomic E-state index is 11.3. The van der Waals surface area contributed by atoms with Gasteiger partial charge in [0.05, 0.1) is 15.3 Å². The maximum Gasteiger partial charge on any atom is 0.252 e. The lowest BCUT2D eigenvalue weighted by molar-refractivity contribution is 0.0963. The van der Waals surface area contributed by atoms with Gasteiger partial charge in [0.2, 0.25) is 0 Å². The number of hydrogen-bond acceptors (Lipinski definition) is 4. The Morgan fingerprint density at radius 1 is 1.57 bits per heavy atom. The van der Waals surface area contributed by atoms with Gasteiger partial charge < -0.3 is 5.32 Å². The maximum absolute atomic E-state index is 11.3. The van der Waals surface area contributed by atoms with Crippen molar-refractivity contribution in [2.24, 2.45) is 0 Å². The topological polar surface area (TPSA) is 54.9 Å². The van der Waals surface area contributed by atoms with Crippen LogP contribution in [0.2, 0.25) is 0 Å². The average Bonchev–Trinajstić information content (AvgIpc) is 2.55. The number of nitrogens with zero attached hydrogens (tertiary/aromatic N) is 2. The molecular weight excluding hydrogens is 198 g/mol. The monoisotopic (exact) mass is 207 g/mol. The van der Waals surface area contributed by atoms with Crippen LogP contribution in [0.5, 0.6) is 0 Å². The van der Waals surface area contributed by atoms with Gasteiger partial charge in [-0.3, -0.25) is 4.79 Å². The number of rotatable bonds is 1. The van der Waals surface area contributed by atoms with Crippen molar-refractivity contribution in [3.8, 4) is 0 Å². The Labute approximate surface area is 85.0 Å². The molecule has 0 aliphatic carbocycles. The zero-order valence-corrected chi connectivity index (χ0v) is 8.68. The van der Waals surface area contributed by atoms with Crippen LogP contribution < -0.4 is 5.32 Å². The molecule has 4 nitrogen and oxygen atoms in total. The summed E-state index contributed by atoms with van der Waals surface area (Å²) in [5.74, 6) is -0.120. The molecule has 0 radical (unpaired) electrons. The number of amides is 1. The first-order valence-electron chi connectivity index (χ1n) is 4.16. The number of pyridine rings is 1. The highest BCUT2D eigenvalue weighted by molar-refractivity contribution is 7.18. The van der Waals surface area contributed by atoms with E-state index in [1.807, 2.05) is 13.0 Å². The fourth-order valence-electron chi connectivity index (χ4n) is 1.20. The molecule has 0 aliphatic heterocycles. The fourth-order valence-corrected chi connectivity index (χ4v) is 2.02. The van der Waals surface area contributed by atoms with Crippen molar-refractivity contribution in [1.82, 2.24) is 15.3 Å². The zero-order valence-electron chi connectivity index (χ0n) is 7.87. The van der Waals surface area contributed by atoms with Crippen molar-refractivity contribution >= 4 is 27.6 Å². The molecule has 72 valence electrons. The smallest absolute Gasteiger partial charge is 0.252 e. The van der Waals surface area contributed by atoms with E-state index in [2.05, 4.69) is 15.3 Å². The van der Waals surface area contributed by atoms with Gasteiger partial charge in [0, 0.05) is 13.2 Å². The summed E-state index contributed by atoms with van der Waals surface area (Å²) in [6.45, 7) is 1.92. The molecule has 2 heterocycles. The first-order valence-corrected chi connectivity index (χ1v) is 4.97. The molecule has 0 atom stereocenters. The fraction of sp³-hybridized carbons (Fsp3) is 0.222. The van der Waals surface area contributed by atoms with E-state index in [9.17, 15) is 4.79 Å². The minimum absolute atomic E-state index is 0.120. The summed E-state index contributed by atoms with van der Waals surface area (Å²) in [5, 5.41) is 3.52. The second-order valence-electron chi connectivity index (χ2n) is 2.86. The minimum atomic E-state index is -0.120. The summed E-state index contributed by atoms with van der Waals surface area (Å²) in [7, 11) is 1.60. The van der Waals surface area contributed by atoms with Crippen LogP contribution in [0.4, 0.5) is 0 Å². The van der Waals surface area contributed by atoms with Gasteiger partial charge in [0.15, 0.2) is 5.65 Å². The number of carbonyl (C=O) groups excluding carboxylic acids is 1. The Hall–Kier alpha value is -1.49. The molecule has 0 aliphatic rings. The molecule has 2 rings (SSSR count). The summed E-state index contributed by atoms with van der Waals surface area (Å²) in [6.07, 6.45) is 1.54. The third-order valence-electron chi connectivity index (χ3n) is 1.84. The second kappa shape index (κ2) is 3.34. The lowest BCUT2D eigenvalue weighted by atomic mass is 10.3. The van der Waals surface area contributed by atoms with Crippen molar-refractivity contribution in [1.29, 1.82) is 0 Å². The van der Waals surface area contributed by atoms with Crippen LogP contribution in [0.1, 0.15) is 15.4 Å². The number of aryl methyl sites for hydroxylation is 1. The van der Waals surface area contributed by atoms with Gasteiger partial charge in [-0.05, 0) is 13.0 Å². The van der Waals surface area contributed by atoms with Crippen molar-refractivity contribution in [2.75, 3.05) is 7.05 Å². The van der Waals surface area contributed by atoms with Gasteiger partial charge in [0.1, 0.15) is 0 Å². The van der Waals surface area contributed by atoms with Crippen LogP contribution in [0.25, 0.3) is 10.3 Å². The SMILES string of the molecule is CNC(=O)c1cnc2nc(C)sc2c1. The van der Waals surface area contributed by atoms with Gasteiger partial charge in [-0.1, -0.05) is 0 Å². The predicted octanol–water partition coefficient (Wildman–Crippen LogP) is 1.36. The number of carbonyl (C=O) groups is 1. The standard InChI is InChI=1S/C9H9N3OS/c1-5-12-8-7(14-5)3-6(4-11-8)9(13)10-2/h3-4H,1-2H3,(H,10,13). The van der Waals surface area contributed by atoms with Crippen molar-refractivity contribution in [2.45, 2.75) is 6.92 Å². The van der Waals surface area contributed by atoms with E-state index in [1.165, 1.54) is 0 Å². The number of thiazole rings is 1. The first kappa shape index (κ1) is 9.08. The molecule has 2 aromatic heterocycles. The molecule has 2 aromatic rings. The molecule has 0 saturated heterocycles. The Kier molecular flexibility index (Phi) is 2.17. The normalized spacial score (nSPS) is 10.4. The lowest BCUT2D eigenvalue weighted by Gasteiger charge is -1.97. The second-order valence-corrected chi connectivity index (χ2v) is 4.09. The molecule has 5 heteroatoms. The summed E-state index contributed by atoms with van der Waals surface area (Å²) < 4.78 is 0.948. The molecule has 1 amide bonds. The van der Waals surface area contributed by atoms with Gasteiger partial charge in [0.25, 0.3) is 5.91 Å². The average molecular weight is 207 g/mol.